The maximum absolute atomic E-state index is 12.2. The van der Waals surface area contributed by atoms with Crippen molar-refractivity contribution in [1.82, 2.24) is 0 Å². The average Bonchev–Trinajstić information content (AvgIpc) is 2.56. The third-order valence-corrected chi connectivity index (χ3v) is 4.31. The van der Waals surface area contributed by atoms with Crippen LogP contribution in [0.2, 0.25) is 0 Å². The summed E-state index contributed by atoms with van der Waals surface area (Å²) in [5.41, 5.74) is 1.13. The number of carbonyl (C=O) groups excluding carboxylic acids is 1. The van der Waals surface area contributed by atoms with Crippen LogP contribution in [0, 0.1) is 0 Å². The van der Waals surface area contributed by atoms with Gasteiger partial charge in [0.1, 0.15) is 0 Å². The van der Waals surface area contributed by atoms with Gasteiger partial charge in [-0.1, -0.05) is 35.7 Å². The first-order chi connectivity index (χ1) is 10.5. The summed E-state index contributed by atoms with van der Waals surface area (Å²) >= 11 is 3.65. The molecule has 0 heterocycles. The first kappa shape index (κ1) is 18.6. The first-order valence-electron chi connectivity index (χ1n) is 7.10. The average molecular weight is 375 g/mol. The molecule has 0 bridgehead atoms. The molecule has 0 aliphatic carbocycles. The molecule has 0 spiro atoms. The van der Waals surface area contributed by atoms with Crippen LogP contribution >= 0.6 is 15.9 Å². The van der Waals surface area contributed by atoms with Gasteiger partial charge in [0.2, 0.25) is 5.75 Å². The Morgan fingerprint density at radius 1 is 1.14 bits per heavy atom. The highest BCUT2D eigenvalue weighted by molar-refractivity contribution is 9.09. The zero-order valence-corrected chi connectivity index (χ0v) is 15.3. The van der Waals surface area contributed by atoms with E-state index in [0.717, 1.165) is 24.8 Å². The summed E-state index contributed by atoms with van der Waals surface area (Å²) in [5.74, 6) is 0.947. The molecule has 1 rings (SSSR count). The van der Waals surface area contributed by atoms with E-state index < -0.39 is 5.97 Å². The van der Waals surface area contributed by atoms with Gasteiger partial charge in [-0.15, -0.1) is 0 Å². The fourth-order valence-corrected chi connectivity index (χ4v) is 3.07. The van der Waals surface area contributed by atoms with Gasteiger partial charge in [0.05, 0.1) is 34.0 Å². The number of methoxy groups -OCH3 is 4. The van der Waals surface area contributed by atoms with Gasteiger partial charge >= 0.3 is 5.97 Å². The molecule has 5 nitrogen and oxygen atoms in total. The van der Waals surface area contributed by atoms with E-state index in [4.69, 9.17) is 18.9 Å². The summed E-state index contributed by atoms with van der Waals surface area (Å²) < 4.78 is 21.1. The predicted octanol–water partition coefficient (Wildman–Crippen LogP) is 4.13. The SMILES string of the molecule is CCCCC(Br)c1c(C(=O)OC)cc(OC)c(OC)c1OC. The van der Waals surface area contributed by atoms with Crippen LogP contribution in [0.3, 0.4) is 0 Å². The van der Waals surface area contributed by atoms with Crippen molar-refractivity contribution in [2.45, 2.75) is 31.0 Å². The normalized spacial score (nSPS) is 11.7. The summed E-state index contributed by atoms with van der Waals surface area (Å²) in [6.07, 6.45) is 2.95. The molecule has 0 N–H and O–H groups in total. The van der Waals surface area contributed by atoms with Gasteiger partial charge in [-0.3, -0.25) is 0 Å². The molecule has 0 amide bonds. The summed E-state index contributed by atoms with van der Waals surface area (Å²) in [4.78, 5) is 12.1. The molecular formula is C16H23BrO5. The van der Waals surface area contributed by atoms with Crippen molar-refractivity contribution >= 4 is 21.9 Å². The third-order valence-electron chi connectivity index (χ3n) is 3.40. The standard InChI is InChI=1S/C16H23BrO5/c1-6-7-8-11(17)13-10(16(18)22-5)9-12(19-2)14(20-3)15(13)21-4/h9,11H,6-8H2,1-5H3. The lowest BCUT2D eigenvalue weighted by molar-refractivity contribution is 0.0598. The summed E-state index contributed by atoms with van der Waals surface area (Å²) in [5, 5.41) is 0. The zero-order chi connectivity index (χ0) is 16.7. The van der Waals surface area contributed by atoms with Crippen molar-refractivity contribution in [1.29, 1.82) is 0 Å². The highest BCUT2D eigenvalue weighted by Gasteiger charge is 2.28. The molecule has 1 unspecified atom stereocenters. The second kappa shape index (κ2) is 8.88. The Morgan fingerprint density at radius 2 is 1.77 bits per heavy atom. The predicted molar refractivity (Wildman–Crippen MR) is 88.6 cm³/mol. The Labute approximate surface area is 140 Å². The minimum Gasteiger partial charge on any atom is -0.493 e. The van der Waals surface area contributed by atoms with Crippen molar-refractivity contribution in [3.63, 3.8) is 0 Å². The molecule has 1 aromatic carbocycles. The fraction of sp³-hybridized carbons (Fsp3) is 0.562. The molecule has 0 saturated carbocycles. The van der Waals surface area contributed by atoms with E-state index in [0.29, 0.717) is 22.8 Å². The van der Waals surface area contributed by atoms with Crippen molar-refractivity contribution in [2.24, 2.45) is 0 Å². The maximum atomic E-state index is 12.2. The molecular weight excluding hydrogens is 352 g/mol. The smallest absolute Gasteiger partial charge is 0.338 e. The number of hydrogen-bond donors (Lipinski definition) is 0. The molecule has 0 aromatic heterocycles. The highest BCUT2D eigenvalue weighted by atomic mass is 79.9. The molecule has 124 valence electrons. The summed E-state index contributed by atoms with van der Waals surface area (Å²) in [6.45, 7) is 2.12. The summed E-state index contributed by atoms with van der Waals surface area (Å²) in [6, 6.07) is 1.63. The Kier molecular flexibility index (Phi) is 7.51. The lowest BCUT2D eigenvalue weighted by Gasteiger charge is -2.21. The number of hydrogen-bond acceptors (Lipinski definition) is 5. The third kappa shape index (κ3) is 3.85. The number of carbonyl (C=O) groups is 1. The largest absolute Gasteiger partial charge is 0.493 e. The number of halogens is 1. The van der Waals surface area contributed by atoms with Crippen molar-refractivity contribution < 1.29 is 23.7 Å². The minimum atomic E-state index is -0.435. The number of rotatable bonds is 8. The lowest BCUT2D eigenvalue weighted by Crippen LogP contribution is -2.11. The van der Waals surface area contributed by atoms with Crippen molar-refractivity contribution in [3.8, 4) is 17.2 Å². The Balaban J connectivity index is 3.55. The molecule has 0 radical (unpaired) electrons. The molecule has 0 saturated heterocycles. The molecule has 1 aromatic rings. The van der Waals surface area contributed by atoms with E-state index in [9.17, 15) is 4.79 Å². The van der Waals surface area contributed by atoms with Crippen LogP contribution in [0.1, 0.15) is 46.9 Å². The highest BCUT2D eigenvalue weighted by Crippen LogP contribution is 2.47. The van der Waals surface area contributed by atoms with E-state index in [1.165, 1.54) is 21.3 Å². The van der Waals surface area contributed by atoms with Gasteiger partial charge in [-0.25, -0.2) is 4.79 Å². The maximum Gasteiger partial charge on any atom is 0.338 e. The number of esters is 1. The number of benzene rings is 1. The minimum absolute atomic E-state index is 0.0451. The molecule has 6 heteroatoms. The number of ether oxygens (including phenoxy) is 4. The first-order valence-corrected chi connectivity index (χ1v) is 8.02. The van der Waals surface area contributed by atoms with Crippen LogP contribution in [0.15, 0.2) is 6.07 Å². The quantitative estimate of drug-likeness (QED) is 0.505. The van der Waals surface area contributed by atoms with Gasteiger partial charge in [0.15, 0.2) is 11.5 Å². The van der Waals surface area contributed by atoms with Gasteiger partial charge < -0.3 is 18.9 Å². The van der Waals surface area contributed by atoms with Crippen molar-refractivity contribution in [2.75, 3.05) is 28.4 Å². The zero-order valence-electron chi connectivity index (χ0n) is 13.7. The van der Waals surface area contributed by atoms with Gasteiger partial charge in [0, 0.05) is 10.4 Å². The van der Waals surface area contributed by atoms with E-state index in [2.05, 4.69) is 22.9 Å². The summed E-state index contributed by atoms with van der Waals surface area (Å²) in [7, 11) is 5.95. The van der Waals surface area contributed by atoms with Gasteiger partial charge in [-0.05, 0) is 12.5 Å². The Morgan fingerprint density at radius 3 is 2.23 bits per heavy atom. The van der Waals surface area contributed by atoms with Crippen LogP contribution in [-0.4, -0.2) is 34.4 Å². The van der Waals surface area contributed by atoms with E-state index in [-0.39, 0.29) is 4.83 Å². The van der Waals surface area contributed by atoms with Crippen LogP contribution in [0.25, 0.3) is 0 Å². The number of unbranched alkanes of at least 4 members (excludes halogenated alkanes) is 1. The van der Waals surface area contributed by atoms with Gasteiger partial charge in [0.25, 0.3) is 0 Å². The van der Waals surface area contributed by atoms with Crippen LogP contribution in [-0.2, 0) is 4.74 Å². The van der Waals surface area contributed by atoms with E-state index in [1.807, 2.05) is 0 Å². The Hall–Kier alpha value is -1.43. The monoisotopic (exact) mass is 374 g/mol. The molecule has 1 atom stereocenters. The molecule has 0 fully saturated rings. The van der Waals surface area contributed by atoms with Crippen molar-refractivity contribution in [3.05, 3.63) is 17.2 Å². The molecule has 0 aliphatic heterocycles. The van der Waals surface area contributed by atoms with Crippen LogP contribution in [0.5, 0.6) is 17.2 Å². The topological polar surface area (TPSA) is 54.0 Å². The molecule has 22 heavy (non-hydrogen) atoms. The Bertz CT molecular complexity index is 516. The fourth-order valence-electron chi connectivity index (χ4n) is 2.30. The van der Waals surface area contributed by atoms with E-state index >= 15 is 0 Å². The lowest BCUT2D eigenvalue weighted by atomic mass is 9.98. The number of alkyl halides is 1. The second-order valence-corrected chi connectivity index (χ2v) is 5.81. The molecule has 0 aliphatic rings. The van der Waals surface area contributed by atoms with Crippen LogP contribution < -0.4 is 14.2 Å². The second-order valence-electron chi connectivity index (χ2n) is 4.71. The van der Waals surface area contributed by atoms with E-state index in [1.54, 1.807) is 13.2 Å². The van der Waals surface area contributed by atoms with Crippen LogP contribution in [0.4, 0.5) is 0 Å². The van der Waals surface area contributed by atoms with Gasteiger partial charge in [-0.2, -0.15) is 0 Å².